The van der Waals surface area contributed by atoms with Gasteiger partial charge in [-0.3, -0.25) is 4.79 Å². The number of anilines is 1. The van der Waals surface area contributed by atoms with Gasteiger partial charge in [-0.15, -0.1) is 0 Å². The zero-order chi connectivity index (χ0) is 13.3. The Bertz CT molecular complexity index is 577. The lowest BCUT2D eigenvalue weighted by atomic mass is 10.2. The number of sulfonamides is 1. The molecule has 1 amide bonds. The van der Waals surface area contributed by atoms with E-state index in [0.29, 0.717) is 5.69 Å². The molecule has 0 spiro atoms. The molecule has 0 unspecified atom stereocenters. The lowest BCUT2D eigenvalue weighted by molar-refractivity contribution is -0.114. The average Bonchev–Trinajstić information content (AvgIpc) is 3.03. The van der Waals surface area contributed by atoms with Crippen molar-refractivity contribution in [3.63, 3.8) is 0 Å². The zero-order valence-electron chi connectivity index (χ0n) is 10.4. The van der Waals surface area contributed by atoms with Gasteiger partial charge < -0.3 is 5.32 Å². The topological polar surface area (TPSA) is 75.3 Å². The van der Waals surface area contributed by atoms with Gasteiger partial charge in [0.1, 0.15) is 0 Å². The van der Waals surface area contributed by atoms with Crippen LogP contribution in [0.2, 0.25) is 0 Å². The number of carbonyl (C=O) groups excluding carboxylic acids is 1. The Morgan fingerprint density at radius 3 is 2.50 bits per heavy atom. The lowest BCUT2D eigenvalue weighted by Gasteiger charge is -2.10. The molecule has 6 heteroatoms. The van der Waals surface area contributed by atoms with Crippen LogP contribution in [0.3, 0.4) is 0 Å². The van der Waals surface area contributed by atoms with Crippen LogP contribution in [-0.2, 0) is 14.8 Å². The molecule has 0 heterocycles. The maximum atomic E-state index is 12.0. The molecule has 1 aliphatic rings. The van der Waals surface area contributed by atoms with Crippen LogP contribution in [-0.4, -0.2) is 20.4 Å². The van der Waals surface area contributed by atoms with Crippen LogP contribution in [0.4, 0.5) is 5.69 Å². The third-order valence-corrected chi connectivity index (χ3v) is 4.24. The maximum absolute atomic E-state index is 12.0. The van der Waals surface area contributed by atoms with Crippen molar-refractivity contribution in [2.24, 2.45) is 0 Å². The van der Waals surface area contributed by atoms with Gasteiger partial charge in [0.05, 0.1) is 4.90 Å². The Hall–Kier alpha value is -1.40. The van der Waals surface area contributed by atoms with Gasteiger partial charge in [0.15, 0.2) is 0 Å². The van der Waals surface area contributed by atoms with Gasteiger partial charge in [-0.1, -0.05) is 0 Å². The monoisotopic (exact) mass is 268 g/mol. The van der Waals surface area contributed by atoms with E-state index >= 15 is 0 Å². The SMILES string of the molecule is CC(=O)Nc1ccc(S(=O)(=O)NC2CC2)cc1C. The highest BCUT2D eigenvalue weighted by Gasteiger charge is 2.28. The van der Waals surface area contributed by atoms with E-state index in [0.717, 1.165) is 18.4 Å². The predicted molar refractivity (Wildman–Crippen MR) is 68.8 cm³/mol. The van der Waals surface area contributed by atoms with Crippen molar-refractivity contribution in [2.75, 3.05) is 5.32 Å². The first-order valence-corrected chi connectivity index (χ1v) is 7.27. The van der Waals surface area contributed by atoms with E-state index in [-0.39, 0.29) is 16.8 Å². The van der Waals surface area contributed by atoms with Crippen LogP contribution in [0.25, 0.3) is 0 Å². The van der Waals surface area contributed by atoms with Crippen molar-refractivity contribution in [2.45, 2.75) is 37.6 Å². The van der Waals surface area contributed by atoms with Crippen LogP contribution in [0.15, 0.2) is 23.1 Å². The number of benzene rings is 1. The van der Waals surface area contributed by atoms with E-state index in [1.807, 2.05) is 0 Å². The van der Waals surface area contributed by atoms with E-state index in [4.69, 9.17) is 0 Å². The minimum Gasteiger partial charge on any atom is -0.326 e. The summed E-state index contributed by atoms with van der Waals surface area (Å²) < 4.78 is 26.6. The first-order chi connectivity index (χ1) is 8.38. The Labute approximate surface area is 107 Å². The Kier molecular flexibility index (Phi) is 3.41. The molecule has 1 fully saturated rings. The van der Waals surface area contributed by atoms with Gasteiger partial charge in [-0.25, -0.2) is 13.1 Å². The Morgan fingerprint density at radius 2 is 2.00 bits per heavy atom. The summed E-state index contributed by atoms with van der Waals surface area (Å²) in [7, 11) is -3.43. The van der Waals surface area contributed by atoms with Crippen molar-refractivity contribution in [1.82, 2.24) is 4.72 Å². The minimum absolute atomic E-state index is 0.0883. The maximum Gasteiger partial charge on any atom is 0.240 e. The Balaban J connectivity index is 2.24. The molecule has 2 N–H and O–H groups in total. The highest BCUT2D eigenvalue weighted by atomic mass is 32.2. The second-order valence-electron chi connectivity index (χ2n) is 4.55. The van der Waals surface area contributed by atoms with E-state index < -0.39 is 10.0 Å². The molecule has 0 aliphatic heterocycles. The fraction of sp³-hybridized carbons (Fsp3) is 0.417. The van der Waals surface area contributed by atoms with E-state index in [1.54, 1.807) is 19.1 Å². The fourth-order valence-corrected chi connectivity index (χ4v) is 3.01. The highest BCUT2D eigenvalue weighted by molar-refractivity contribution is 7.89. The van der Waals surface area contributed by atoms with Gasteiger partial charge >= 0.3 is 0 Å². The van der Waals surface area contributed by atoms with Crippen LogP contribution in [0, 0.1) is 6.92 Å². The summed E-state index contributed by atoms with van der Waals surface area (Å²) in [6.45, 7) is 3.18. The molecule has 0 radical (unpaired) electrons. The summed E-state index contributed by atoms with van der Waals surface area (Å²) in [5.74, 6) is -0.176. The molecule has 2 rings (SSSR count). The minimum atomic E-state index is -3.43. The van der Waals surface area contributed by atoms with E-state index in [1.165, 1.54) is 13.0 Å². The first-order valence-electron chi connectivity index (χ1n) is 5.79. The van der Waals surface area contributed by atoms with Crippen LogP contribution in [0.5, 0.6) is 0 Å². The molecule has 18 heavy (non-hydrogen) atoms. The summed E-state index contributed by atoms with van der Waals surface area (Å²) in [6.07, 6.45) is 1.81. The smallest absolute Gasteiger partial charge is 0.240 e. The van der Waals surface area contributed by atoms with Gasteiger partial charge in [0.25, 0.3) is 0 Å². The summed E-state index contributed by atoms with van der Waals surface area (Å²) in [4.78, 5) is 11.2. The van der Waals surface area contributed by atoms with Crippen LogP contribution in [0.1, 0.15) is 25.3 Å². The second kappa shape index (κ2) is 4.70. The van der Waals surface area contributed by atoms with E-state index in [2.05, 4.69) is 10.0 Å². The summed E-state index contributed by atoms with van der Waals surface area (Å²) in [5, 5.41) is 2.65. The lowest BCUT2D eigenvalue weighted by Crippen LogP contribution is -2.25. The van der Waals surface area contributed by atoms with Gasteiger partial charge in [-0.05, 0) is 43.5 Å². The highest BCUT2D eigenvalue weighted by Crippen LogP contribution is 2.24. The average molecular weight is 268 g/mol. The number of carbonyl (C=O) groups is 1. The Morgan fingerprint density at radius 1 is 1.33 bits per heavy atom. The molecule has 1 saturated carbocycles. The van der Waals surface area contributed by atoms with Crippen LogP contribution >= 0.6 is 0 Å². The van der Waals surface area contributed by atoms with E-state index in [9.17, 15) is 13.2 Å². The molecule has 5 nitrogen and oxygen atoms in total. The number of hydrogen-bond acceptors (Lipinski definition) is 3. The molecular weight excluding hydrogens is 252 g/mol. The van der Waals surface area contributed by atoms with Crippen molar-refractivity contribution in [3.8, 4) is 0 Å². The normalized spacial score (nSPS) is 15.4. The molecule has 0 aromatic heterocycles. The summed E-state index contributed by atoms with van der Waals surface area (Å²) >= 11 is 0. The van der Waals surface area contributed by atoms with Crippen molar-refractivity contribution in [3.05, 3.63) is 23.8 Å². The third kappa shape index (κ3) is 3.08. The second-order valence-corrected chi connectivity index (χ2v) is 6.27. The van der Waals surface area contributed by atoms with Gasteiger partial charge in [0.2, 0.25) is 15.9 Å². The number of aryl methyl sites for hydroxylation is 1. The molecule has 0 saturated heterocycles. The van der Waals surface area contributed by atoms with Crippen LogP contribution < -0.4 is 10.0 Å². The summed E-state index contributed by atoms with van der Waals surface area (Å²) in [5.41, 5.74) is 1.36. The molecule has 1 aromatic carbocycles. The number of hydrogen-bond donors (Lipinski definition) is 2. The zero-order valence-corrected chi connectivity index (χ0v) is 11.2. The fourth-order valence-electron chi connectivity index (χ4n) is 1.62. The molecule has 1 aliphatic carbocycles. The molecule has 98 valence electrons. The predicted octanol–water partition coefficient (Wildman–Crippen LogP) is 1.39. The van der Waals surface area contributed by atoms with Crippen molar-refractivity contribution in [1.29, 1.82) is 0 Å². The number of amides is 1. The van der Waals surface area contributed by atoms with Crippen molar-refractivity contribution < 1.29 is 13.2 Å². The number of rotatable bonds is 4. The van der Waals surface area contributed by atoms with Gasteiger partial charge in [0, 0.05) is 18.7 Å². The van der Waals surface area contributed by atoms with Gasteiger partial charge in [-0.2, -0.15) is 0 Å². The van der Waals surface area contributed by atoms with Crippen molar-refractivity contribution >= 4 is 21.6 Å². The molecule has 1 aromatic rings. The molecule has 0 atom stereocenters. The molecular formula is C12H16N2O3S. The first kappa shape index (κ1) is 13.0. The largest absolute Gasteiger partial charge is 0.326 e. The third-order valence-electron chi connectivity index (χ3n) is 2.72. The standard InChI is InChI=1S/C12H16N2O3S/c1-8-7-11(5-6-12(8)13-9(2)15)18(16,17)14-10-3-4-10/h5-7,10,14H,3-4H2,1-2H3,(H,13,15). The quantitative estimate of drug-likeness (QED) is 0.866. The molecule has 0 bridgehead atoms. The number of nitrogens with one attached hydrogen (secondary N) is 2. The summed E-state index contributed by atoms with van der Waals surface area (Å²) in [6, 6.07) is 4.77.